The van der Waals surface area contributed by atoms with Crippen LogP contribution >= 0.6 is 0 Å². The molecule has 0 N–H and O–H groups in total. The fourth-order valence-electron chi connectivity index (χ4n) is 1.76. The summed E-state index contributed by atoms with van der Waals surface area (Å²) in [5, 5.41) is 19.8. The van der Waals surface area contributed by atoms with Gasteiger partial charge in [0.1, 0.15) is 17.6 Å². The minimum Gasteiger partial charge on any atom is -0.455 e. The van der Waals surface area contributed by atoms with E-state index in [1.165, 1.54) is 19.1 Å². The molecular weight excluding hydrogens is 272 g/mol. The van der Waals surface area contributed by atoms with E-state index in [0.29, 0.717) is 5.56 Å². The Hall–Kier alpha value is -3.20. The van der Waals surface area contributed by atoms with Crippen molar-refractivity contribution < 1.29 is 14.5 Å². The predicted octanol–water partition coefficient (Wildman–Crippen LogP) is 3.46. The maximum Gasteiger partial charge on any atom is 0.270 e. The predicted molar refractivity (Wildman–Crippen MR) is 74.3 cm³/mol. The third-order valence-corrected chi connectivity index (χ3v) is 2.78. The van der Waals surface area contributed by atoms with Gasteiger partial charge in [-0.15, -0.1) is 0 Å². The maximum atomic E-state index is 11.6. The molecular formula is C15H10N2O4. The van der Waals surface area contributed by atoms with Crippen molar-refractivity contribution in [3.05, 3.63) is 63.7 Å². The second kappa shape index (κ2) is 5.84. The van der Waals surface area contributed by atoms with Crippen LogP contribution in [0.3, 0.4) is 0 Å². The summed E-state index contributed by atoms with van der Waals surface area (Å²) in [6.07, 6.45) is 0. The molecule has 0 aromatic heterocycles. The summed E-state index contributed by atoms with van der Waals surface area (Å²) in [4.78, 5) is 21.8. The van der Waals surface area contributed by atoms with Crippen molar-refractivity contribution in [3.8, 4) is 17.6 Å². The molecule has 104 valence electrons. The number of nitrogens with zero attached hydrogens (tertiary/aromatic N) is 2. The first-order valence-corrected chi connectivity index (χ1v) is 5.99. The number of Topliss-reactive ketones (excluding diaryl/α,β-unsaturated/α-hetero) is 1. The monoisotopic (exact) mass is 282 g/mol. The lowest BCUT2D eigenvalue weighted by Crippen LogP contribution is -2.00. The van der Waals surface area contributed by atoms with Gasteiger partial charge in [-0.25, -0.2) is 0 Å². The summed E-state index contributed by atoms with van der Waals surface area (Å²) >= 11 is 0. The van der Waals surface area contributed by atoms with E-state index in [-0.39, 0.29) is 28.5 Å². The number of carbonyl (C=O) groups is 1. The van der Waals surface area contributed by atoms with Crippen molar-refractivity contribution in [2.75, 3.05) is 0 Å². The molecule has 0 bridgehead atoms. The quantitative estimate of drug-likeness (QED) is 0.486. The van der Waals surface area contributed by atoms with Crippen LogP contribution in [0.15, 0.2) is 42.5 Å². The molecule has 0 saturated heterocycles. The molecule has 2 aromatic rings. The number of non-ortho nitro benzene ring substituents is 1. The van der Waals surface area contributed by atoms with Gasteiger partial charge in [-0.05, 0) is 25.1 Å². The Bertz CT molecular complexity index is 763. The highest BCUT2D eigenvalue weighted by atomic mass is 16.6. The fraction of sp³-hybridized carbons (Fsp3) is 0.0667. The molecule has 0 fully saturated rings. The number of nitro benzene ring substituents is 1. The van der Waals surface area contributed by atoms with Crippen LogP contribution in [0.5, 0.6) is 11.5 Å². The van der Waals surface area contributed by atoms with Crippen molar-refractivity contribution in [1.82, 2.24) is 0 Å². The average Bonchev–Trinajstić information content (AvgIpc) is 2.47. The van der Waals surface area contributed by atoms with Gasteiger partial charge in [-0.2, -0.15) is 5.26 Å². The molecule has 2 aromatic carbocycles. The van der Waals surface area contributed by atoms with Crippen LogP contribution in [0.25, 0.3) is 0 Å². The molecule has 0 amide bonds. The number of hydrogen-bond donors (Lipinski definition) is 0. The highest BCUT2D eigenvalue weighted by molar-refractivity contribution is 5.97. The zero-order chi connectivity index (χ0) is 15.4. The standard InChI is InChI=1S/C15H10N2O4/c1-10(18)13-8-12(17(19)20)6-7-15(13)21-14-5-3-2-4-11(14)9-16/h2-8H,1H3. The zero-order valence-corrected chi connectivity index (χ0v) is 11.1. The lowest BCUT2D eigenvalue weighted by Gasteiger charge is -2.10. The third-order valence-electron chi connectivity index (χ3n) is 2.78. The fourth-order valence-corrected chi connectivity index (χ4v) is 1.76. The molecule has 0 spiro atoms. The van der Waals surface area contributed by atoms with Crippen molar-refractivity contribution in [1.29, 1.82) is 5.26 Å². The van der Waals surface area contributed by atoms with Gasteiger partial charge in [-0.3, -0.25) is 14.9 Å². The lowest BCUT2D eigenvalue weighted by atomic mass is 10.1. The molecule has 21 heavy (non-hydrogen) atoms. The zero-order valence-electron chi connectivity index (χ0n) is 11.1. The van der Waals surface area contributed by atoms with E-state index < -0.39 is 4.92 Å². The van der Waals surface area contributed by atoms with Crippen LogP contribution < -0.4 is 4.74 Å². The minimum absolute atomic E-state index is 0.0944. The van der Waals surface area contributed by atoms with Crippen molar-refractivity contribution >= 4 is 11.5 Å². The largest absolute Gasteiger partial charge is 0.455 e. The molecule has 6 nitrogen and oxygen atoms in total. The van der Waals surface area contributed by atoms with Gasteiger partial charge >= 0.3 is 0 Å². The Labute approximate surface area is 120 Å². The van der Waals surface area contributed by atoms with E-state index in [2.05, 4.69) is 0 Å². The van der Waals surface area contributed by atoms with E-state index in [9.17, 15) is 14.9 Å². The van der Waals surface area contributed by atoms with E-state index >= 15 is 0 Å². The normalized spacial score (nSPS) is 9.71. The van der Waals surface area contributed by atoms with E-state index in [1.54, 1.807) is 24.3 Å². The van der Waals surface area contributed by atoms with Crippen molar-refractivity contribution in [3.63, 3.8) is 0 Å². The van der Waals surface area contributed by atoms with Gasteiger partial charge in [0, 0.05) is 12.1 Å². The molecule has 0 unspecified atom stereocenters. The van der Waals surface area contributed by atoms with E-state index in [0.717, 1.165) is 6.07 Å². The van der Waals surface area contributed by atoms with Gasteiger partial charge in [0.05, 0.1) is 16.1 Å². The first kappa shape index (κ1) is 14.2. The molecule has 2 rings (SSSR count). The van der Waals surface area contributed by atoms with E-state index in [1.807, 2.05) is 6.07 Å². The summed E-state index contributed by atoms with van der Waals surface area (Å²) in [7, 11) is 0. The van der Waals surface area contributed by atoms with Crippen molar-refractivity contribution in [2.45, 2.75) is 6.92 Å². The number of rotatable bonds is 4. The summed E-state index contributed by atoms with van der Waals surface area (Å²) in [5.74, 6) is 0.107. The van der Waals surface area contributed by atoms with Gasteiger partial charge in [0.25, 0.3) is 5.69 Å². The maximum absolute atomic E-state index is 11.6. The van der Waals surface area contributed by atoms with Gasteiger partial charge in [-0.1, -0.05) is 12.1 Å². The average molecular weight is 282 g/mol. The molecule has 0 saturated carbocycles. The second-order valence-corrected chi connectivity index (χ2v) is 4.20. The third kappa shape index (κ3) is 3.04. The number of hydrogen-bond acceptors (Lipinski definition) is 5. The summed E-state index contributed by atoms with van der Waals surface area (Å²) in [6.45, 7) is 1.29. The number of nitro groups is 1. The molecule has 6 heteroatoms. The van der Waals surface area contributed by atoms with E-state index in [4.69, 9.17) is 10.00 Å². The first-order valence-electron chi connectivity index (χ1n) is 5.99. The first-order chi connectivity index (χ1) is 10.0. The summed E-state index contributed by atoms with van der Waals surface area (Å²) in [6, 6.07) is 12.3. The number of ether oxygens (including phenoxy) is 1. The Balaban J connectivity index is 2.47. The Morgan fingerprint density at radius 3 is 2.57 bits per heavy atom. The SMILES string of the molecule is CC(=O)c1cc([N+](=O)[O-])ccc1Oc1ccccc1C#N. The molecule has 0 atom stereocenters. The number of ketones is 1. The molecule has 0 aliphatic rings. The van der Waals surface area contributed by atoms with Crippen molar-refractivity contribution in [2.24, 2.45) is 0 Å². The van der Waals surface area contributed by atoms with Crippen LogP contribution in [0.4, 0.5) is 5.69 Å². The Kier molecular flexibility index (Phi) is 3.95. The van der Waals surface area contributed by atoms with Gasteiger partial charge in [0.15, 0.2) is 5.78 Å². The number of para-hydroxylation sites is 1. The number of carbonyl (C=O) groups excluding carboxylic acids is 1. The number of benzene rings is 2. The smallest absolute Gasteiger partial charge is 0.270 e. The highest BCUT2D eigenvalue weighted by Gasteiger charge is 2.16. The Morgan fingerprint density at radius 2 is 1.95 bits per heavy atom. The highest BCUT2D eigenvalue weighted by Crippen LogP contribution is 2.30. The molecule has 0 aliphatic heterocycles. The van der Waals surface area contributed by atoms with Gasteiger partial charge < -0.3 is 4.74 Å². The van der Waals surface area contributed by atoms with Crippen LogP contribution in [-0.2, 0) is 0 Å². The summed E-state index contributed by atoms with van der Waals surface area (Å²) < 4.78 is 5.56. The van der Waals surface area contributed by atoms with Crippen LogP contribution in [0, 0.1) is 21.4 Å². The van der Waals surface area contributed by atoms with Gasteiger partial charge in [0.2, 0.25) is 0 Å². The van der Waals surface area contributed by atoms with Crippen LogP contribution in [-0.4, -0.2) is 10.7 Å². The topological polar surface area (TPSA) is 93.2 Å². The Morgan fingerprint density at radius 1 is 1.24 bits per heavy atom. The molecule has 0 aliphatic carbocycles. The lowest BCUT2D eigenvalue weighted by molar-refractivity contribution is -0.384. The van der Waals surface area contributed by atoms with Crippen LogP contribution in [0.2, 0.25) is 0 Å². The molecule has 0 heterocycles. The number of nitriles is 1. The minimum atomic E-state index is -0.584. The van der Waals surface area contributed by atoms with Crippen LogP contribution in [0.1, 0.15) is 22.8 Å². The summed E-state index contributed by atoms with van der Waals surface area (Å²) in [5.41, 5.74) is 0.211. The molecule has 0 radical (unpaired) electrons. The second-order valence-electron chi connectivity index (χ2n) is 4.20.